The highest BCUT2D eigenvalue weighted by molar-refractivity contribution is 5.68. The molecule has 2 aliphatic rings. The minimum atomic E-state index is -0.226. The number of carbonyl (C=O) groups is 1. The highest BCUT2D eigenvalue weighted by Crippen LogP contribution is 2.43. The van der Waals surface area contributed by atoms with Gasteiger partial charge in [0, 0.05) is 24.5 Å². The molecule has 0 atom stereocenters. The van der Waals surface area contributed by atoms with Crippen molar-refractivity contribution in [3.63, 3.8) is 0 Å². The number of hydrogen-bond acceptors (Lipinski definition) is 3. The minimum absolute atomic E-state index is 0.0600. The molecule has 0 bridgehead atoms. The number of likely N-dealkylation sites (tertiary alicyclic amines) is 1. The van der Waals surface area contributed by atoms with Gasteiger partial charge in [0.15, 0.2) is 0 Å². The van der Waals surface area contributed by atoms with Crippen LogP contribution in [-0.4, -0.2) is 36.7 Å². The number of ether oxygens (including phenoxy) is 1. The topological polar surface area (TPSA) is 55.6 Å². The molecule has 0 aromatic carbocycles. The van der Waals surface area contributed by atoms with Crippen LogP contribution >= 0.6 is 0 Å². The van der Waals surface area contributed by atoms with Crippen LogP contribution in [0.1, 0.15) is 12.8 Å². The predicted molar refractivity (Wildman–Crippen MR) is 43.6 cm³/mol. The average Bonchev–Trinajstić information content (AvgIpc) is 2.65. The molecule has 68 valence electrons. The normalized spacial score (nSPS) is 26.3. The van der Waals surface area contributed by atoms with Gasteiger partial charge in [0.05, 0.1) is 7.11 Å². The first-order valence-corrected chi connectivity index (χ1v) is 4.27. The second-order valence-corrected chi connectivity index (χ2v) is 3.81. The van der Waals surface area contributed by atoms with E-state index in [1.54, 1.807) is 4.90 Å². The van der Waals surface area contributed by atoms with Crippen molar-refractivity contribution in [2.45, 2.75) is 18.4 Å². The SMILES string of the molecule is COC(=O)N1CC(C2(N)CC2)C1. The molecule has 1 heterocycles. The number of nitrogens with two attached hydrogens (primary N) is 1. The van der Waals surface area contributed by atoms with Crippen LogP contribution in [0.25, 0.3) is 0 Å². The second kappa shape index (κ2) is 2.36. The average molecular weight is 170 g/mol. The molecule has 1 amide bonds. The zero-order valence-corrected chi connectivity index (χ0v) is 7.25. The molecule has 1 saturated heterocycles. The third-order valence-corrected chi connectivity index (χ3v) is 2.95. The van der Waals surface area contributed by atoms with Crippen LogP contribution in [0.4, 0.5) is 4.79 Å². The van der Waals surface area contributed by atoms with Gasteiger partial charge in [-0.05, 0) is 12.8 Å². The van der Waals surface area contributed by atoms with Gasteiger partial charge in [-0.1, -0.05) is 0 Å². The second-order valence-electron chi connectivity index (χ2n) is 3.81. The number of rotatable bonds is 1. The highest BCUT2D eigenvalue weighted by Gasteiger charge is 2.51. The van der Waals surface area contributed by atoms with E-state index in [4.69, 9.17) is 5.73 Å². The maximum absolute atomic E-state index is 10.9. The Bertz CT molecular complexity index is 207. The van der Waals surface area contributed by atoms with Gasteiger partial charge in [-0.25, -0.2) is 4.79 Å². The van der Waals surface area contributed by atoms with Crippen LogP contribution in [-0.2, 0) is 4.74 Å². The quantitative estimate of drug-likeness (QED) is 0.610. The Labute approximate surface area is 71.7 Å². The molecule has 0 aromatic rings. The lowest BCUT2D eigenvalue weighted by Crippen LogP contribution is -2.57. The van der Waals surface area contributed by atoms with E-state index < -0.39 is 0 Å². The van der Waals surface area contributed by atoms with Crippen molar-refractivity contribution in [2.75, 3.05) is 20.2 Å². The van der Waals surface area contributed by atoms with Gasteiger partial charge in [0.25, 0.3) is 0 Å². The van der Waals surface area contributed by atoms with Gasteiger partial charge in [0.1, 0.15) is 0 Å². The summed E-state index contributed by atoms with van der Waals surface area (Å²) in [6.45, 7) is 1.56. The van der Waals surface area contributed by atoms with E-state index in [2.05, 4.69) is 4.74 Å². The first-order valence-electron chi connectivity index (χ1n) is 4.27. The summed E-state index contributed by atoms with van der Waals surface area (Å²) in [4.78, 5) is 12.6. The Morgan fingerprint density at radius 2 is 2.17 bits per heavy atom. The molecule has 1 saturated carbocycles. The molecule has 4 nitrogen and oxygen atoms in total. The molecule has 0 unspecified atom stereocenters. The predicted octanol–water partition coefficient (Wildman–Crippen LogP) is 0.176. The number of amides is 1. The fraction of sp³-hybridized carbons (Fsp3) is 0.875. The van der Waals surface area contributed by atoms with E-state index in [1.807, 2.05) is 0 Å². The van der Waals surface area contributed by atoms with Gasteiger partial charge in [0.2, 0.25) is 0 Å². The third-order valence-electron chi connectivity index (χ3n) is 2.95. The van der Waals surface area contributed by atoms with Gasteiger partial charge >= 0.3 is 6.09 Å². The van der Waals surface area contributed by atoms with Gasteiger partial charge in [-0.2, -0.15) is 0 Å². The molecule has 0 spiro atoms. The Kier molecular flexibility index (Phi) is 1.54. The molecule has 0 aromatic heterocycles. The minimum Gasteiger partial charge on any atom is -0.453 e. The summed E-state index contributed by atoms with van der Waals surface area (Å²) in [6.07, 6.45) is 2.01. The molecule has 2 N–H and O–H groups in total. The molecule has 0 radical (unpaired) electrons. The summed E-state index contributed by atoms with van der Waals surface area (Å²) in [5, 5.41) is 0. The lowest BCUT2D eigenvalue weighted by molar-refractivity contribution is 0.0547. The molecule has 1 aliphatic carbocycles. The fourth-order valence-corrected chi connectivity index (χ4v) is 1.67. The molecular formula is C8H14N2O2. The van der Waals surface area contributed by atoms with Crippen molar-refractivity contribution in [1.82, 2.24) is 4.90 Å². The summed E-state index contributed by atoms with van der Waals surface area (Å²) in [5.41, 5.74) is 6.04. The first-order chi connectivity index (χ1) is 5.65. The van der Waals surface area contributed by atoms with E-state index in [0.717, 1.165) is 25.9 Å². The zero-order valence-electron chi connectivity index (χ0n) is 7.25. The third kappa shape index (κ3) is 1.06. The van der Waals surface area contributed by atoms with Gasteiger partial charge in [-0.3, -0.25) is 0 Å². The monoisotopic (exact) mass is 170 g/mol. The van der Waals surface area contributed by atoms with E-state index in [1.165, 1.54) is 7.11 Å². The lowest BCUT2D eigenvalue weighted by atomic mass is 9.90. The van der Waals surface area contributed by atoms with Crippen LogP contribution in [0.3, 0.4) is 0 Å². The zero-order chi connectivity index (χ0) is 8.77. The summed E-state index contributed by atoms with van der Waals surface area (Å²) in [7, 11) is 1.41. The molecule has 2 fully saturated rings. The van der Waals surface area contributed by atoms with Crippen molar-refractivity contribution < 1.29 is 9.53 Å². The summed E-state index contributed by atoms with van der Waals surface area (Å²) in [5.74, 6) is 0.511. The maximum Gasteiger partial charge on any atom is 0.409 e. The number of methoxy groups -OCH3 is 1. The Morgan fingerprint density at radius 3 is 2.58 bits per heavy atom. The molecule has 12 heavy (non-hydrogen) atoms. The van der Waals surface area contributed by atoms with Crippen LogP contribution in [0.2, 0.25) is 0 Å². The summed E-state index contributed by atoms with van der Waals surface area (Å²) >= 11 is 0. The van der Waals surface area contributed by atoms with E-state index >= 15 is 0 Å². The molecule has 4 heteroatoms. The standard InChI is InChI=1S/C8H14N2O2/c1-12-7(11)10-4-6(5-10)8(9)2-3-8/h6H,2-5,9H2,1H3. The number of hydrogen-bond donors (Lipinski definition) is 1. The number of nitrogens with zero attached hydrogens (tertiary/aromatic N) is 1. The van der Waals surface area contributed by atoms with Crippen LogP contribution < -0.4 is 5.73 Å². The van der Waals surface area contributed by atoms with Crippen molar-refractivity contribution in [2.24, 2.45) is 11.7 Å². The highest BCUT2D eigenvalue weighted by atomic mass is 16.5. The lowest BCUT2D eigenvalue weighted by Gasteiger charge is -2.41. The summed E-state index contributed by atoms with van der Waals surface area (Å²) < 4.78 is 4.58. The first kappa shape index (κ1) is 7.86. The summed E-state index contributed by atoms with van der Waals surface area (Å²) in [6, 6.07) is 0. The number of carbonyl (C=O) groups excluding carboxylic acids is 1. The van der Waals surface area contributed by atoms with Crippen molar-refractivity contribution in [3.05, 3.63) is 0 Å². The van der Waals surface area contributed by atoms with Crippen LogP contribution in [0.15, 0.2) is 0 Å². The van der Waals surface area contributed by atoms with Crippen LogP contribution in [0.5, 0.6) is 0 Å². The van der Waals surface area contributed by atoms with Gasteiger partial charge in [-0.15, -0.1) is 0 Å². The van der Waals surface area contributed by atoms with Gasteiger partial charge < -0.3 is 15.4 Å². The van der Waals surface area contributed by atoms with Crippen molar-refractivity contribution in [1.29, 1.82) is 0 Å². The Balaban J connectivity index is 1.80. The Hall–Kier alpha value is -0.770. The van der Waals surface area contributed by atoms with Crippen molar-refractivity contribution >= 4 is 6.09 Å². The molecule has 2 rings (SSSR count). The smallest absolute Gasteiger partial charge is 0.409 e. The largest absolute Gasteiger partial charge is 0.453 e. The van der Waals surface area contributed by atoms with E-state index in [0.29, 0.717) is 5.92 Å². The van der Waals surface area contributed by atoms with Crippen molar-refractivity contribution in [3.8, 4) is 0 Å². The fourth-order valence-electron chi connectivity index (χ4n) is 1.67. The maximum atomic E-state index is 10.9. The molecule has 1 aliphatic heterocycles. The van der Waals surface area contributed by atoms with E-state index in [-0.39, 0.29) is 11.6 Å². The molecular weight excluding hydrogens is 156 g/mol. The Morgan fingerprint density at radius 1 is 1.58 bits per heavy atom. The van der Waals surface area contributed by atoms with E-state index in [9.17, 15) is 4.79 Å². The van der Waals surface area contributed by atoms with Crippen LogP contribution in [0, 0.1) is 5.92 Å².